The lowest BCUT2D eigenvalue weighted by Crippen LogP contribution is -1.85. The first-order valence-electron chi connectivity index (χ1n) is 2.41. The highest BCUT2D eigenvalue weighted by Gasteiger charge is 1.84. The molecule has 0 aromatic carbocycles. The van der Waals surface area contributed by atoms with Crippen LogP contribution in [0.15, 0.2) is 9.39 Å². The minimum atomic E-state index is 0.817. The van der Waals surface area contributed by atoms with Crippen LogP contribution in [-0.2, 0) is 0 Å². The molecule has 0 aromatic heterocycles. The van der Waals surface area contributed by atoms with E-state index in [0.717, 1.165) is 12.3 Å². The molecule has 0 aliphatic carbocycles. The molecule has 3 heteroatoms. The number of hydrogen-bond donors (Lipinski definition) is 0. The van der Waals surface area contributed by atoms with Crippen LogP contribution in [0.4, 0.5) is 0 Å². The van der Waals surface area contributed by atoms with Gasteiger partial charge >= 0.3 is 0 Å². The third-order valence-electron chi connectivity index (χ3n) is 0.695. The average Bonchev–Trinajstić information content (AvgIpc) is 1.83. The van der Waals surface area contributed by atoms with Crippen LogP contribution in [0.1, 0.15) is 13.3 Å². The Morgan fingerprint density at radius 1 is 1.75 bits per heavy atom. The molecule has 2 nitrogen and oxygen atoms in total. The molecule has 0 spiro atoms. The number of nitrogens with zero attached hydrogens (tertiary/aromatic N) is 2. The van der Waals surface area contributed by atoms with Crippen molar-refractivity contribution in [2.24, 2.45) is 9.39 Å². The van der Waals surface area contributed by atoms with Crippen LogP contribution in [0.2, 0.25) is 0 Å². The number of rotatable bonds is 2. The molecular formula is C5H10N2S. The minimum absolute atomic E-state index is 0.817. The van der Waals surface area contributed by atoms with Gasteiger partial charge in [0.25, 0.3) is 0 Å². The van der Waals surface area contributed by atoms with Crippen LogP contribution in [0.3, 0.4) is 0 Å². The predicted molar refractivity (Wildman–Crippen MR) is 40.8 cm³/mol. The van der Waals surface area contributed by atoms with Crippen molar-refractivity contribution < 1.29 is 0 Å². The fourth-order valence-corrected chi connectivity index (χ4v) is 0.708. The van der Waals surface area contributed by atoms with Crippen molar-refractivity contribution in [2.75, 3.05) is 6.26 Å². The lowest BCUT2D eigenvalue weighted by atomic mass is 10.5. The largest absolute Gasteiger partial charge is 0.249 e. The molecule has 0 unspecified atom stereocenters. The Morgan fingerprint density at radius 3 is 2.50 bits per heavy atom. The monoisotopic (exact) mass is 130 g/mol. The number of hydrogen-bond acceptors (Lipinski definition) is 2. The van der Waals surface area contributed by atoms with Gasteiger partial charge in [0.1, 0.15) is 5.84 Å². The second-order valence-electron chi connectivity index (χ2n) is 1.20. The summed E-state index contributed by atoms with van der Waals surface area (Å²) in [5.41, 5.74) is 0. The molecule has 0 radical (unpaired) electrons. The van der Waals surface area contributed by atoms with E-state index in [1.165, 1.54) is 11.9 Å². The van der Waals surface area contributed by atoms with Gasteiger partial charge in [0, 0.05) is 12.7 Å². The Morgan fingerprint density at radius 2 is 2.38 bits per heavy atom. The molecule has 0 atom stereocenters. The van der Waals surface area contributed by atoms with E-state index < -0.39 is 0 Å². The molecule has 0 saturated heterocycles. The minimum Gasteiger partial charge on any atom is -0.249 e. The topological polar surface area (TPSA) is 24.7 Å². The van der Waals surface area contributed by atoms with Gasteiger partial charge in [-0.05, 0) is 18.7 Å². The second kappa shape index (κ2) is 4.84. The molecule has 0 heterocycles. The summed E-state index contributed by atoms with van der Waals surface area (Å²) in [5.74, 6) is 0.817. The first kappa shape index (κ1) is 7.69. The van der Waals surface area contributed by atoms with E-state index in [9.17, 15) is 0 Å². The highest BCUT2D eigenvalue weighted by atomic mass is 32.2. The molecule has 0 bridgehead atoms. The SMILES string of the molecule is C=NC(CC)=NSC. The molecule has 46 valence electrons. The van der Waals surface area contributed by atoms with Gasteiger partial charge in [-0.3, -0.25) is 0 Å². The highest BCUT2D eigenvalue weighted by Crippen LogP contribution is 1.97. The fraction of sp³-hybridized carbons (Fsp3) is 0.600. The Balaban J connectivity index is 3.66. The van der Waals surface area contributed by atoms with Gasteiger partial charge < -0.3 is 0 Å². The summed E-state index contributed by atoms with van der Waals surface area (Å²) >= 11 is 1.41. The summed E-state index contributed by atoms with van der Waals surface area (Å²) in [4.78, 5) is 3.68. The summed E-state index contributed by atoms with van der Waals surface area (Å²) in [6, 6.07) is 0. The molecule has 8 heavy (non-hydrogen) atoms. The van der Waals surface area contributed by atoms with Gasteiger partial charge in [-0.25, -0.2) is 9.39 Å². The zero-order chi connectivity index (χ0) is 6.41. The molecule has 0 amide bonds. The average molecular weight is 130 g/mol. The Bertz CT molecular complexity index is 98.6. The van der Waals surface area contributed by atoms with Crippen molar-refractivity contribution in [1.29, 1.82) is 0 Å². The van der Waals surface area contributed by atoms with Crippen LogP contribution in [-0.4, -0.2) is 18.8 Å². The molecule has 0 rings (SSSR count). The van der Waals surface area contributed by atoms with Crippen LogP contribution in [0, 0.1) is 0 Å². The Labute approximate surface area is 54.2 Å². The molecule has 0 fully saturated rings. The predicted octanol–water partition coefficient (Wildman–Crippen LogP) is 1.77. The zero-order valence-electron chi connectivity index (χ0n) is 5.22. The number of amidine groups is 1. The maximum absolute atomic E-state index is 3.97. The van der Waals surface area contributed by atoms with Crippen LogP contribution in [0.5, 0.6) is 0 Å². The normalized spacial score (nSPS) is 11.5. The molecular weight excluding hydrogens is 120 g/mol. The van der Waals surface area contributed by atoms with E-state index in [0.29, 0.717) is 0 Å². The molecule has 0 saturated carbocycles. The van der Waals surface area contributed by atoms with E-state index in [2.05, 4.69) is 16.1 Å². The van der Waals surface area contributed by atoms with Gasteiger partial charge in [-0.15, -0.1) is 0 Å². The molecule has 0 aromatic rings. The molecule has 0 N–H and O–H groups in total. The van der Waals surface area contributed by atoms with Crippen molar-refractivity contribution >= 4 is 24.5 Å². The summed E-state index contributed by atoms with van der Waals surface area (Å²) in [7, 11) is 0. The van der Waals surface area contributed by atoms with E-state index in [1.807, 2.05) is 13.2 Å². The molecule has 0 aliphatic heterocycles. The van der Waals surface area contributed by atoms with Gasteiger partial charge in [-0.1, -0.05) is 6.92 Å². The third kappa shape index (κ3) is 2.80. The van der Waals surface area contributed by atoms with Crippen molar-refractivity contribution in [3.05, 3.63) is 0 Å². The van der Waals surface area contributed by atoms with Gasteiger partial charge in [-0.2, -0.15) is 0 Å². The first-order chi connectivity index (χ1) is 3.85. The fourth-order valence-electron chi connectivity index (χ4n) is 0.311. The summed E-state index contributed by atoms with van der Waals surface area (Å²) in [5, 5.41) is 0. The van der Waals surface area contributed by atoms with E-state index in [-0.39, 0.29) is 0 Å². The van der Waals surface area contributed by atoms with E-state index in [4.69, 9.17) is 0 Å². The summed E-state index contributed by atoms with van der Waals surface area (Å²) < 4.78 is 3.97. The zero-order valence-corrected chi connectivity index (χ0v) is 6.03. The van der Waals surface area contributed by atoms with Gasteiger partial charge in [0.15, 0.2) is 0 Å². The van der Waals surface area contributed by atoms with Crippen LogP contribution in [0.25, 0.3) is 0 Å². The lowest BCUT2D eigenvalue weighted by molar-refractivity contribution is 1.26. The Kier molecular flexibility index (Phi) is 4.65. The first-order valence-corrected chi connectivity index (χ1v) is 3.60. The second-order valence-corrected chi connectivity index (χ2v) is 1.75. The summed E-state index contributed by atoms with van der Waals surface area (Å²) in [6.45, 7) is 5.36. The van der Waals surface area contributed by atoms with E-state index in [1.54, 1.807) is 0 Å². The maximum Gasteiger partial charge on any atom is 0.135 e. The van der Waals surface area contributed by atoms with Crippen molar-refractivity contribution in [1.82, 2.24) is 0 Å². The van der Waals surface area contributed by atoms with Crippen LogP contribution >= 0.6 is 11.9 Å². The van der Waals surface area contributed by atoms with Crippen molar-refractivity contribution in [3.8, 4) is 0 Å². The number of aliphatic imine (C=N–C) groups is 1. The third-order valence-corrected chi connectivity index (χ3v) is 1.09. The van der Waals surface area contributed by atoms with Crippen LogP contribution < -0.4 is 0 Å². The van der Waals surface area contributed by atoms with Gasteiger partial charge in [0.05, 0.1) is 0 Å². The highest BCUT2D eigenvalue weighted by molar-refractivity contribution is 7.97. The maximum atomic E-state index is 3.97. The molecule has 0 aliphatic rings. The standard InChI is InChI=1S/C5H10N2S/c1-4-5(6-2)7-8-3/h2,4H2,1,3H3. The van der Waals surface area contributed by atoms with Crippen molar-refractivity contribution in [3.63, 3.8) is 0 Å². The summed E-state index contributed by atoms with van der Waals surface area (Å²) in [6.07, 6.45) is 2.77. The van der Waals surface area contributed by atoms with Gasteiger partial charge in [0.2, 0.25) is 0 Å². The quantitative estimate of drug-likeness (QED) is 0.317. The Hall–Kier alpha value is -0.310. The van der Waals surface area contributed by atoms with E-state index >= 15 is 0 Å². The van der Waals surface area contributed by atoms with Crippen molar-refractivity contribution in [2.45, 2.75) is 13.3 Å². The smallest absolute Gasteiger partial charge is 0.135 e. The lowest BCUT2D eigenvalue weighted by Gasteiger charge is -1.88.